The maximum atomic E-state index is 12.2. The summed E-state index contributed by atoms with van der Waals surface area (Å²) < 4.78 is 35.1. The monoisotopic (exact) mass is 792 g/mol. The first-order valence-corrected chi connectivity index (χ1v) is 24.3. The summed E-state index contributed by atoms with van der Waals surface area (Å²) in [6.45, 7) is 24.1. The van der Waals surface area contributed by atoms with E-state index in [1.54, 1.807) is 0 Å². The molecule has 0 amide bonds. The van der Waals surface area contributed by atoms with E-state index >= 15 is 0 Å². The highest BCUT2D eigenvalue weighted by Gasteiger charge is 2.70. The molecule has 1 aromatic rings. The van der Waals surface area contributed by atoms with Gasteiger partial charge in [-0.1, -0.05) is 59.8 Å². The maximum Gasteiger partial charge on any atom is 0.337 e. The lowest BCUT2D eigenvalue weighted by atomic mass is 9.33. The number of hydrogen-bond acceptors (Lipinski definition) is 8. The Morgan fingerprint density at radius 1 is 0.875 bits per heavy atom. The summed E-state index contributed by atoms with van der Waals surface area (Å²) in [5, 5.41) is 4.33. The molecule has 0 bridgehead atoms. The molecule has 8 nitrogen and oxygen atoms in total. The topological polar surface area (TPSA) is 88.2 Å². The van der Waals surface area contributed by atoms with Crippen LogP contribution in [0.3, 0.4) is 0 Å². The number of benzene rings is 1. The van der Waals surface area contributed by atoms with Gasteiger partial charge in [0.25, 0.3) is 0 Å². The Balaban J connectivity index is 1.06. The van der Waals surface area contributed by atoms with Gasteiger partial charge in [-0.05, 0) is 138 Å². The van der Waals surface area contributed by atoms with Crippen molar-refractivity contribution in [1.82, 2.24) is 15.1 Å². The van der Waals surface area contributed by atoms with Gasteiger partial charge in [-0.2, -0.15) is 0 Å². The molecule has 7 aliphatic rings. The molecule has 2 aliphatic heterocycles. The Bertz CT molecular complexity index is 1740. The van der Waals surface area contributed by atoms with Crippen molar-refractivity contribution in [2.75, 3.05) is 77.6 Å². The van der Waals surface area contributed by atoms with Gasteiger partial charge in [-0.25, -0.2) is 13.2 Å². The highest BCUT2D eigenvalue weighted by atomic mass is 32.2. The predicted molar refractivity (Wildman–Crippen MR) is 225 cm³/mol. The number of sulfone groups is 1. The first-order chi connectivity index (χ1) is 26.6. The van der Waals surface area contributed by atoms with E-state index in [1.807, 2.05) is 12.1 Å². The number of allylic oxidation sites excluding steroid dienone is 2. The van der Waals surface area contributed by atoms with Crippen LogP contribution in [0.2, 0.25) is 0 Å². The van der Waals surface area contributed by atoms with Gasteiger partial charge in [0, 0.05) is 51.4 Å². The van der Waals surface area contributed by atoms with Gasteiger partial charge in [-0.3, -0.25) is 4.90 Å². The molecule has 56 heavy (non-hydrogen) atoms. The molecule has 2 heterocycles. The summed E-state index contributed by atoms with van der Waals surface area (Å²) >= 11 is 0. The van der Waals surface area contributed by atoms with E-state index in [4.69, 9.17) is 9.47 Å². The number of rotatable bonds is 9. The van der Waals surface area contributed by atoms with E-state index in [1.165, 1.54) is 76.2 Å². The minimum Gasteiger partial charge on any atom is -0.465 e. The fourth-order valence-corrected chi connectivity index (χ4v) is 16.6. The van der Waals surface area contributed by atoms with Crippen LogP contribution < -0.4 is 5.32 Å². The second kappa shape index (κ2) is 15.0. The normalized spacial score (nSPS) is 41.3. The molecule has 0 radical (unpaired) electrons. The van der Waals surface area contributed by atoms with E-state index in [0.717, 1.165) is 45.8 Å². The lowest BCUT2D eigenvalue weighted by Gasteiger charge is -2.72. The van der Waals surface area contributed by atoms with Crippen LogP contribution in [0.4, 0.5) is 0 Å². The Morgan fingerprint density at radius 2 is 1.59 bits per heavy atom. The number of fused-ring (bicyclic) bond motifs is 7. The molecule has 5 aliphatic carbocycles. The first kappa shape index (κ1) is 41.0. The molecule has 10 atom stereocenters. The van der Waals surface area contributed by atoms with Crippen LogP contribution in [0.15, 0.2) is 30.3 Å². The summed E-state index contributed by atoms with van der Waals surface area (Å²) in [5.41, 5.74) is 4.34. The average Bonchev–Trinajstić information content (AvgIpc) is 3.55. The molecule has 1 aromatic carbocycles. The van der Waals surface area contributed by atoms with Crippen LogP contribution in [0.1, 0.15) is 115 Å². The zero-order valence-corrected chi connectivity index (χ0v) is 36.7. The van der Waals surface area contributed by atoms with Gasteiger partial charge in [0.15, 0.2) is 9.84 Å². The summed E-state index contributed by atoms with van der Waals surface area (Å²) in [7, 11) is -1.42. The van der Waals surface area contributed by atoms with Gasteiger partial charge in [-0.15, -0.1) is 0 Å². The summed E-state index contributed by atoms with van der Waals surface area (Å²) in [5.74, 6) is 4.38. The maximum absolute atomic E-state index is 12.2. The summed E-state index contributed by atoms with van der Waals surface area (Å²) in [4.78, 5) is 17.3. The highest BCUT2D eigenvalue weighted by molar-refractivity contribution is 7.91. The molecule has 312 valence electrons. The largest absolute Gasteiger partial charge is 0.465 e. The number of carbonyl (C=O) groups excluding carboxylic acids is 1. The smallest absolute Gasteiger partial charge is 0.337 e. The number of hydrogen-bond donors (Lipinski definition) is 1. The number of nitrogens with zero attached hydrogens (tertiary/aromatic N) is 2. The van der Waals surface area contributed by atoms with Gasteiger partial charge in [0.2, 0.25) is 0 Å². The molecule has 9 heteroatoms. The second-order valence-corrected chi connectivity index (χ2v) is 23.3. The van der Waals surface area contributed by atoms with Crippen molar-refractivity contribution in [3.63, 3.8) is 0 Å². The third-order valence-corrected chi connectivity index (χ3v) is 20.0. The molecule has 4 saturated carbocycles. The van der Waals surface area contributed by atoms with E-state index in [9.17, 15) is 13.2 Å². The van der Waals surface area contributed by atoms with Gasteiger partial charge in [0.1, 0.15) is 0 Å². The fraction of sp³-hybridized carbons (Fsp3) is 0.809. The number of methoxy groups -OCH3 is 1. The van der Waals surface area contributed by atoms with Gasteiger partial charge in [0.05, 0.1) is 37.4 Å². The average molecular weight is 792 g/mol. The molecular weight excluding hydrogens is 719 g/mol. The second-order valence-electron chi connectivity index (χ2n) is 21.0. The van der Waals surface area contributed by atoms with Crippen molar-refractivity contribution in [1.29, 1.82) is 0 Å². The summed E-state index contributed by atoms with van der Waals surface area (Å²) in [6.07, 6.45) is 14.1. The molecule has 0 aromatic heterocycles. The third kappa shape index (κ3) is 6.77. The highest BCUT2D eigenvalue weighted by Crippen LogP contribution is 2.76. The third-order valence-electron chi connectivity index (χ3n) is 18.4. The van der Waals surface area contributed by atoms with Crippen LogP contribution in [0.5, 0.6) is 0 Å². The van der Waals surface area contributed by atoms with Crippen LogP contribution in [-0.4, -0.2) is 107 Å². The molecule has 0 spiro atoms. The van der Waals surface area contributed by atoms with Crippen molar-refractivity contribution in [3.05, 3.63) is 41.5 Å². The number of esters is 1. The molecule has 8 rings (SSSR count). The van der Waals surface area contributed by atoms with Crippen LogP contribution >= 0.6 is 0 Å². The minimum atomic E-state index is -2.87. The zero-order valence-electron chi connectivity index (χ0n) is 35.8. The van der Waals surface area contributed by atoms with E-state index in [2.05, 4.69) is 74.9 Å². The van der Waals surface area contributed by atoms with Crippen molar-refractivity contribution < 1.29 is 22.7 Å². The molecular formula is C47H73N3O5S. The van der Waals surface area contributed by atoms with E-state index < -0.39 is 9.84 Å². The van der Waals surface area contributed by atoms with Crippen LogP contribution in [-0.2, 0) is 19.3 Å². The minimum absolute atomic E-state index is 0.0362. The van der Waals surface area contributed by atoms with Crippen molar-refractivity contribution in [2.24, 2.45) is 57.2 Å². The zero-order chi connectivity index (χ0) is 39.7. The Kier molecular flexibility index (Phi) is 11.0. The lowest BCUT2D eigenvalue weighted by Crippen LogP contribution is -2.68. The first-order valence-electron chi connectivity index (χ1n) is 22.4. The van der Waals surface area contributed by atoms with Crippen LogP contribution in [0.25, 0.3) is 5.57 Å². The Labute approximate surface area is 339 Å². The number of carbonyl (C=O) groups is 1. The Hall–Kier alpha value is -1.78. The molecule has 1 N–H and O–H groups in total. The van der Waals surface area contributed by atoms with Gasteiger partial charge >= 0.3 is 5.97 Å². The molecule has 2 unspecified atom stereocenters. The van der Waals surface area contributed by atoms with E-state index in [0.29, 0.717) is 71.1 Å². The summed E-state index contributed by atoms with van der Waals surface area (Å²) in [6, 6.07) is 8.14. The van der Waals surface area contributed by atoms with Crippen molar-refractivity contribution in [3.8, 4) is 0 Å². The van der Waals surface area contributed by atoms with Gasteiger partial charge < -0.3 is 19.7 Å². The lowest BCUT2D eigenvalue weighted by molar-refractivity contribution is -0.221. The SMILES string of the molecule is COC(=O)c1ccc(C2=CCC3(C)[C@H]4CC[C@@H]5[C@H]6[C@H](C(C)CN7CCOCC7)CC[C@]6(NCCN6CCS(=O)(=O)CC6)CC[C@@]5(C)[C@]4(C)CC[C@H]3C2(C)C)cc1. The molecule has 6 fully saturated rings. The predicted octanol–water partition coefficient (Wildman–Crippen LogP) is 7.59. The molecule has 2 saturated heterocycles. The number of nitrogens with one attached hydrogen (secondary N) is 1. The fourth-order valence-electron chi connectivity index (χ4n) is 15.4. The van der Waals surface area contributed by atoms with Crippen molar-refractivity contribution >= 4 is 21.4 Å². The van der Waals surface area contributed by atoms with Crippen LogP contribution in [0, 0.1) is 57.2 Å². The van der Waals surface area contributed by atoms with Crippen molar-refractivity contribution in [2.45, 2.75) is 105 Å². The van der Waals surface area contributed by atoms with E-state index in [-0.39, 0.29) is 27.8 Å². The quantitative estimate of drug-likeness (QED) is 0.256. The number of morpholine rings is 1. The Morgan fingerprint density at radius 3 is 2.29 bits per heavy atom. The number of ether oxygens (including phenoxy) is 2. The standard InChI is InChI=1S/C47H73N3O5S/c1-33(32-50-24-28-55-29-25-50)36-14-19-47(48-22-23-49-26-30-56(52,53)31-27-49)21-20-45(5)38(41(36)47)12-13-40-44(4)17-15-37(34-8-10-35(11-9-34)42(51)54-7)43(2,3)39(44)16-18-46(40,45)6/h8-11,15,33,36,38-41,48H,12-14,16-32H2,1-7H3/t33?,36-,38+,39-,40+,41+,44?,45+,46+,47-/m0/s1.